The molecule has 3 heterocycles. The molecular weight excluding hydrogens is 665 g/mol. The van der Waals surface area contributed by atoms with Crippen molar-refractivity contribution in [1.82, 2.24) is 9.80 Å². The summed E-state index contributed by atoms with van der Waals surface area (Å²) in [6, 6.07) is 32.2. The molecule has 2 aliphatic heterocycles. The smallest absolute Gasteiger partial charge is 0.323 e. The quantitative estimate of drug-likeness (QED) is 0.113. The van der Waals surface area contributed by atoms with Gasteiger partial charge in [-0.3, -0.25) is 14.6 Å². The number of thiophene rings is 1. The Kier molecular flexibility index (Phi) is 11.3. The minimum atomic E-state index is -0.479. The molecule has 0 unspecified atom stereocenters. The van der Waals surface area contributed by atoms with Gasteiger partial charge in [0, 0.05) is 22.7 Å². The molecule has 1 atom stereocenters. The second-order valence-electron chi connectivity index (χ2n) is 15.4. The summed E-state index contributed by atoms with van der Waals surface area (Å²) in [5.74, 6) is 1.69. The van der Waals surface area contributed by atoms with Crippen LogP contribution < -0.4 is 9.47 Å². The first-order valence-electron chi connectivity index (χ1n) is 18.9. The van der Waals surface area contributed by atoms with Gasteiger partial charge >= 0.3 is 5.97 Å². The van der Waals surface area contributed by atoms with Crippen molar-refractivity contribution in [3.8, 4) is 21.9 Å². The van der Waals surface area contributed by atoms with E-state index in [1.807, 2.05) is 50.3 Å². The third-order valence-electron chi connectivity index (χ3n) is 10.2. The number of rotatable bonds is 13. The molecule has 4 aromatic carbocycles. The first-order chi connectivity index (χ1) is 25.2. The molecule has 0 amide bonds. The van der Waals surface area contributed by atoms with Crippen LogP contribution in [0.3, 0.4) is 0 Å². The lowest BCUT2D eigenvalue weighted by Gasteiger charge is -2.27. The van der Waals surface area contributed by atoms with Gasteiger partial charge in [-0.25, -0.2) is 0 Å². The Morgan fingerprint density at radius 1 is 0.827 bits per heavy atom. The monoisotopic (exact) mass is 716 g/mol. The van der Waals surface area contributed by atoms with Crippen molar-refractivity contribution in [2.45, 2.75) is 84.6 Å². The number of nitrogens with zero attached hydrogens (tertiary/aromatic N) is 2. The molecule has 7 rings (SSSR count). The molecule has 6 nitrogen and oxygen atoms in total. The molecule has 2 saturated heterocycles. The summed E-state index contributed by atoms with van der Waals surface area (Å²) in [4.78, 5) is 19.0. The van der Waals surface area contributed by atoms with Crippen molar-refractivity contribution < 1.29 is 19.0 Å². The number of hydrogen-bond acceptors (Lipinski definition) is 7. The van der Waals surface area contributed by atoms with Gasteiger partial charge < -0.3 is 14.2 Å². The molecule has 0 spiro atoms. The van der Waals surface area contributed by atoms with Gasteiger partial charge in [-0.05, 0) is 161 Å². The summed E-state index contributed by atoms with van der Waals surface area (Å²) >= 11 is 1.83. The SMILES string of the molecule is Cc1cc(Cc2c(-c3ccc(OCCN4CCCC4)cc3)sc3cc(OCc4ccccc4)ccc23)ccc1CN1CCC[C@H]1C(=O)OC(C)(C)C. The van der Waals surface area contributed by atoms with E-state index in [4.69, 9.17) is 14.2 Å². The Labute approximate surface area is 313 Å². The van der Waals surface area contributed by atoms with Crippen LogP contribution in [0.1, 0.15) is 74.3 Å². The predicted molar refractivity (Wildman–Crippen MR) is 212 cm³/mol. The van der Waals surface area contributed by atoms with Crippen LogP contribution in [0.5, 0.6) is 11.5 Å². The van der Waals surface area contributed by atoms with Crippen LogP contribution in [0, 0.1) is 6.92 Å². The Hall–Kier alpha value is -4.17. The second kappa shape index (κ2) is 16.2. The molecule has 7 heteroatoms. The maximum absolute atomic E-state index is 13.0. The predicted octanol–water partition coefficient (Wildman–Crippen LogP) is 9.83. The Morgan fingerprint density at radius 2 is 1.60 bits per heavy atom. The van der Waals surface area contributed by atoms with E-state index < -0.39 is 5.60 Å². The van der Waals surface area contributed by atoms with Crippen LogP contribution in [0.4, 0.5) is 0 Å². The molecule has 0 aliphatic carbocycles. The minimum absolute atomic E-state index is 0.105. The van der Waals surface area contributed by atoms with Crippen molar-refractivity contribution in [2.75, 3.05) is 32.8 Å². The molecule has 1 aromatic heterocycles. The molecule has 272 valence electrons. The third-order valence-corrected chi connectivity index (χ3v) is 11.5. The molecule has 2 fully saturated rings. The molecule has 52 heavy (non-hydrogen) atoms. The number of likely N-dealkylation sites (tertiary alicyclic amines) is 2. The lowest BCUT2D eigenvalue weighted by molar-refractivity contribution is -0.160. The first-order valence-corrected chi connectivity index (χ1v) is 19.7. The average molecular weight is 717 g/mol. The highest BCUT2D eigenvalue weighted by Crippen LogP contribution is 2.42. The van der Waals surface area contributed by atoms with Crippen LogP contribution in [0.25, 0.3) is 20.5 Å². The number of ether oxygens (including phenoxy) is 3. The van der Waals surface area contributed by atoms with Gasteiger partial charge in [-0.2, -0.15) is 0 Å². The van der Waals surface area contributed by atoms with Gasteiger partial charge in [0.25, 0.3) is 0 Å². The molecular formula is C45H52N2O4S. The number of benzene rings is 4. The number of aryl methyl sites for hydroxylation is 1. The summed E-state index contributed by atoms with van der Waals surface area (Å²) < 4.78 is 19.4. The summed E-state index contributed by atoms with van der Waals surface area (Å²) in [7, 11) is 0. The third kappa shape index (κ3) is 9.06. The van der Waals surface area contributed by atoms with E-state index in [9.17, 15) is 4.79 Å². The van der Waals surface area contributed by atoms with Gasteiger partial charge in [0.05, 0.1) is 0 Å². The second-order valence-corrected chi connectivity index (χ2v) is 16.4. The summed E-state index contributed by atoms with van der Waals surface area (Å²) in [5.41, 5.74) is 6.99. The van der Waals surface area contributed by atoms with Gasteiger partial charge in [-0.15, -0.1) is 11.3 Å². The fourth-order valence-electron chi connectivity index (χ4n) is 7.49. The summed E-state index contributed by atoms with van der Waals surface area (Å²) in [6.45, 7) is 14.3. The average Bonchev–Trinajstić information content (AvgIpc) is 3.90. The zero-order valence-corrected chi connectivity index (χ0v) is 32.0. The van der Waals surface area contributed by atoms with Crippen molar-refractivity contribution in [1.29, 1.82) is 0 Å². The topological polar surface area (TPSA) is 51.2 Å². The normalized spacial score (nSPS) is 16.8. The van der Waals surface area contributed by atoms with E-state index in [1.165, 1.54) is 68.7 Å². The summed E-state index contributed by atoms with van der Waals surface area (Å²) in [6.07, 6.45) is 5.28. The maximum Gasteiger partial charge on any atom is 0.323 e. The highest BCUT2D eigenvalue weighted by atomic mass is 32.1. The fraction of sp³-hybridized carbons (Fsp3) is 0.400. The lowest BCUT2D eigenvalue weighted by Crippen LogP contribution is -2.40. The van der Waals surface area contributed by atoms with E-state index in [2.05, 4.69) is 89.5 Å². The summed E-state index contributed by atoms with van der Waals surface area (Å²) in [5, 5.41) is 1.26. The number of carbonyl (C=O) groups is 1. The van der Waals surface area contributed by atoms with Crippen LogP contribution >= 0.6 is 11.3 Å². The molecule has 5 aromatic rings. The van der Waals surface area contributed by atoms with Crippen LogP contribution in [0.2, 0.25) is 0 Å². The van der Waals surface area contributed by atoms with Crippen molar-refractivity contribution >= 4 is 27.4 Å². The highest BCUT2D eigenvalue weighted by molar-refractivity contribution is 7.22. The molecule has 2 aliphatic rings. The van der Waals surface area contributed by atoms with E-state index in [0.29, 0.717) is 13.2 Å². The van der Waals surface area contributed by atoms with E-state index in [-0.39, 0.29) is 12.0 Å². The highest BCUT2D eigenvalue weighted by Gasteiger charge is 2.34. The van der Waals surface area contributed by atoms with Gasteiger partial charge in [0.1, 0.15) is 36.4 Å². The number of hydrogen-bond donors (Lipinski definition) is 0. The standard InChI is InChI=1S/C45H52N2O4S/c1-32-27-34(14-15-36(32)30-47-24-10-13-41(47)44(48)51-45(2,3)4)28-40-39-21-20-38(50-31-33-11-6-5-7-12-33)29-42(39)52-43(40)35-16-18-37(19-17-35)49-26-25-46-22-8-9-23-46/h5-7,11-12,14-21,27,29,41H,8-10,13,22-26,28,30-31H2,1-4H3/t41-/m0/s1. The van der Waals surface area contributed by atoms with E-state index >= 15 is 0 Å². The van der Waals surface area contributed by atoms with Gasteiger partial charge in [0.15, 0.2) is 0 Å². The van der Waals surface area contributed by atoms with E-state index in [1.54, 1.807) is 0 Å². The van der Waals surface area contributed by atoms with Gasteiger partial charge in [0.2, 0.25) is 0 Å². The van der Waals surface area contributed by atoms with Crippen molar-refractivity contribution in [3.63, 3.8) is 0 Å². The van der Waals surface area contributed by atoms with Gasteiger partial charge in [-0.1, -0.05) is 48.5 Å². The van der Waals surface area contributed by atoms with E-state index in [0.717, 1.165) is 56.0 Å². The largest absolute Gasteiger partial charge is 0.492 e. The maximum atomic E-state index is 13.0. The zero-order valence-electron chi connectivity index (χ0n) is 31.2. The van der Waals surface area contributed by atoms with Crippen molar-refractivity contribution in [3.05, 3.63) is 119 Å². The molecule has 0 saturated carbocycles. The Bertz CT molecular complexity index is 1960. The Morgan fingerprint density at radius 3 is 2.35 bits per heavy atom. The number of esters is 1. The Balaban J connectivity index is 1.11. The van der Waals surface area contributed by atoms with Crippen LogP contribution in [-0.4, -0.2) is 60.2 Å². The molecule has 0 radical (unpaired) electrons. The first kappa shape index (κ1) is 36.2. The fourth-order valence-corrected chi connectivity index (χ4v) is 8.75. The minimum Gasteiger partial charge on any atom is -0.492 e. The lowest BCUT2D eigenvalue weighted by atomic mass is 9.96. The number of carbonyl (C=O) groups excluding carboxylic acids is 1. The van der Waals surface area contributed by atoms with Crippen LogP contribution in [-0.2, 0) is 29.1 Å². The van der Waals surface area contributed by atoms with Crippen LogP contribution in [0.15, 0.2) is 91.0 Å². The van der Waals surface area contributed by atoms with Crippen molar-refractivity contribution in [2.24, 2.45) is 0 Å². The zero-order chi connectivity index (χ0) is 36.1. The number of fused-ring (bicyclic) bond motifs is 1. The molecule has 0 N–H and O–H groups in total. The molecule has 0 bridgehead atoms.